The van der Waals surface area contributed by atoms with E-state index >= 15 is 0 Å². The van der Waals surface area contributed by atoms with Crippen molar-refractivity contribution in [1.82, 2.24) is 20.1 Å². The zero-order valence-electron chi connectivity index (χ0n) is 20.2. The molecule has 0 aliphatic carbocycles. The Morgan fingerprint density at radius 1 is 1.17 bits per heavy atom. The lowest BCUT2D eigenvalue weighted by atomic mass is 9.68. The summed E-state index contributed by atoms with van der Waals surface area (Å²) in [5.41, 5.74) is 1.79. The van der Waals surface area contributed by atoms with E-state index in [1.807, 2.05) is 29.2 Å². The van der Waals surface area contributed by atoms with Crippen molar-refractivity contribution in [2.45, 2.75) is 32.8 Å². The lowest BCUT2D eigenvalue weighted by molar-refractivity contribution is -0.0164. The predicted molar refractivity (Wildman–Crippen MR) is 136 cm³/mol. The fraction of sp³-hybridized carbons (Fsp3) is 0.500. The first-order valence-electron chi connectivity index (χ1n) is 12.2. The van der Waals surface area contributed by atoms with Gasteiger partial charge in [0.25, 0.3) is 5.91 Å². The van der Waals surface area contributed by atoms with Gasteiger partial charge in [-0.25, -0.2) is 4.98 Å². The number of piperidine rings is 1. The van der Waals surface area contributed by atoms with E-state index in [0.717, 1.165) is 48.2 Å². The molecule has 0 spiro atoms. The molecule has 2 aromatic heterocycles. The fourth-order valence-corrected chi connectivity index (χ4v) is 5.62. The molecule has 2 aliphatic rings. The minimum absolute atomic E-state index is 0.0110. The molecule has 2 aliphatic heterocycles. The molecule has 0 radical (unpaired) electrons. The van der Waals surface area contributed by atoms with Crippen LogP contribution in [0, 0.1) is 11.3 Å². The lowest BCUT2D eigenvalue weighted by Crippen LogP contribution is -2.43. The maximum Gasteiger partial charge on any atom is 0.255 e. The molecule has 1 aromatic carbocycles. The molecule has 1 atom stereocenters. The number of aliphatic hydroxyl groups excluding tert-OH is 1. The molecule has 2 saturated heterocycles. The molecule has 9 heteroatoms. The molecule has 186 valence electrons. The van der Waals surface area contributed by atoms with Gasteiger partial charge >= 0.3 is 0 Å². The SMILES string of the molecule is CC(C)(C1CCN(C(=O)c2ccc(N3CCOCC3)nc2)CC1)[C@H](O)c1cc(Cl)cc2cn[nH]c12. The van der Waals surface area contributed by atoms with Crippen molar-refractivity contribution in [2.24, 2.45) is 11.3 Å². The molecular formula is C26H32ClN5O3. The highest BCUT2D eigenvalue weighted by Crippen LogP contribution is 2.46. The maximum atomic E-state index is 13.1. The van der Waals surface area contributed by atoms with E-state index in [9.17, 15) is 9.90 Å². The minimum Gasteiger partial charge on any atom is -0.388 e. The number of ether oxygens (including phenoxy) is 1. The van der Waals surface area contributed by atoms with Gasteiger partial charge in [-0.05, 0) is 48.4 Å². The van der Waals surface area contributed by atoms with Crippen LogP contribution in [0.4, 0.5) is 5.82 Å². The van der Waals surface area contributed by atoms with Crippen LogP contribution in [0.15, 0.2) is 36.7 Å². The van der Waals surface area contributed by atoms with Gasteiger partial charge < -0.3 is 19.6 Å². The molecule has 0 bridgehead atoms. The molecule has 5 rings (SSSR count). The van der Waals surface area contributed by atoms with Crippen LogP contribution < -0.4 is 4.90 Å². The average molecular weight is 498 g/mol. The number of carbonyl (C=O) groups excluding carboxylic acids is 1. The van der Waals surface area contributed by atoms with Gasteiger partial charge in [0.1, 0.15) is 5.82 Å². The van der Waals surface area contributed by atoms with Crippen LogP contribution >= 0.6 is 11.6 Å². The Balaban J connectivity index is 1.23. The number of anilines is 1. The van der Waals surface area contributed by atoms with Crippen molar-refractivity contribution in [2.75, 3.05) is 44.3 Å². The number of halogens is 1. The highest BCUT2D eigenvalue weighted by Gasteiger charge is 2.40. The monoisotopic (exact) mass is 497 g/mol. The smallest absolute Gasteiger partial charge is 0.255 e. The Bertz CT molecular complexity index is 1180. The summed E-state index contributed by atoms with van der Waals surface area (Å²) >= 11 is 6.32. The number of amides is 1. The van der Waals surface area contributed by atoms with Crippen molar-refractivity contribution in [1.29, 1.82) is 0 Å². The van der Waals surface area contributed by atoms with E-state index in [1.54, 1.807) is 12.4 Å². The number of likely N-dealkylation sites (tertiary alicyclic amines) is 1. The summed E-state index contributed by atoms with van der Waals surface area (Å²) in [5, 5.41) is 20.0. The third kappa shape index (κ3) is 4.75. The number of aromatic amines is 1. The van der Waals surface area contributed by atoms with E-state index in [-0.39, 0.29) is 11.8 Å². The van der Waals surface area contributed by atoms with Gasteiger partial charge in [-0.3, -0.25) is 9.89 Å². The van der Waals surface area contributed by atoms with Gasteiger partial charge in [-0.15, -0.1) is 0 Å². The number of aliphatic hydroxyl groups is 1. The summed E-state index contributed by atoms with van der Waals surface area (Å²) in [6.07, 6.45) is 4.33. The van der Waals surface area contributed by atoms with Crippen molar-refractivity contribution in [3.8, 4) is 0 Å². The Morgan fingerprint density at radius 2 is 1.91 bits per heavy atom. The Labute approximate surface area is 210 Å². The Kier molecular flexibility index (Phi) is 6.70. The number of pyridine rings is 1. The molecule has 2 N–H and O–H groups in total. The summed E-state index contributed by atoms with van der Waals surface area (Å²) in [4.78, 5) is 21.7. The number of aromatic nitrogens is 3. The largest absolute Gasteiger partial charge is 0.388 e. The Morgan fingerprint density at radius 3 is 2.60 bits per heavy atom. The number of fused-ring (bicyclic) bond motifs is 1. The van der Waals surface area contributed by atoms with Crippen LogP contribution in [0.5, 0.6) is 0 Å². The zero-order chi connectivity index (χ0) is 24.6. The fourth-order valence-electron chi connectivity index (χ4n) is 5.39. The van der Waals surface area contributed by atoms with Crippen molar-refractivity contribution < 1.29 is 14.6 Å². The first-order chi connectivity index (χ1) is 16.8. The number of nitrogens with zero attached hydrogens (tertiary/aromatic N) is 4. The van der Waals surface area contributed by atoms with Crippen molar-refractivity contribution >= 4 is 34.2 Å². The molecule has 35 heavy (non-hydrogen) atoms. The number of hydrogen-bond donors (Lipinski definition) is 2. The van der Waals surface area contributed by atoms with Gasteiger partial charge in [0.15, 0.2) is 0 Å². The summed E-state index contributed by atoms with van der Waals surface area (Å²) in [5.74, 6) is 1.14. The second-order valence-electron chi connectivity index (χ2n) is 10.1. The Hall–Kier alpha value is -2.68. The third-order valence-electron chi connectivity index (χ3n) is 7.71. The second kappa shape index (κ2) is 9.76. The van der Waals surface area contributed by atoms with Gasteiger partial charge in [0.05, 0.1) is 36.6 Å². The molecule has 0 saturated carbocycles. The number of carbonyl (C=O) groups is 1. The van der Waals surface area contributed by atoms with Crippen LogP contribution in [0.3, 0.4) is 0 Å². The molecule has 2 fully saturated rings. The van der Waals surface area contributed by atoms with Crippen LogP contribution in [0.1, 0.15) is 48.7 Å². The lowest BCUT2D eigenvalue weighted by Gasteiger charge is -2.43. The van der Waals surface area contributed by atoms with Crippen LogP contribution in [0.25, 0.3) is 10.9 Å². The number of rotatable bonds is 5. The molecular weight excluding hydrogens is 466 g/mol. The number of morpholine rings is 1. The van der Waals surface area contributed by atoms with Crippen LogP contribution in [-0.4, -0.2) is 70.5 Å². The van der Waals surface area contributed by atoms with Crippen molar-refractivity contribution in [3.63, 3.8) is 0 Å². The number of H-pyrrole nitrogens is 1. The number of benzene rings is 1. The van der Waals surface area contributed by atoms with E-state index in [0.29, 0.717) is 36.9 Å². The predicted octanol–water partition coefficient (Wildman–Crippen LogP) is 4.06. The highest BCUT2D eigenvalue weighted by atomic mass is 35.5. The van der Waals surface area contributed by atoms with Crippen molar-refractivity contribution in [3.05, 3.63) is 52.8 Å². The second-order valence-corrected chi connectivity index (χ2v) is 10.6. The molecule has 0 unspecified atom stereocenters. The van der Waals surface area contributed by atoms with Crippen LogP contribution in [-0.2, 0) is 4.74 Å². The van der Waals surface area contributed by atoms with Gasteiger partial charge in [-0.2, -0.15) is 5.10 Å². The van der Waals surface area contributed by atoms with Gasteiger partial charge in [0.2, 0.25) is 0 Å². The summed E-state index contributed by atoms with van der Waals surface area (Å²) in [7, 11) is 0. The summed E-state index contributed by atoms with van der Waals surface area (Å²) in [6.45, 7) is 8.53. The maximum absolute atomic E-state index is 13.1. The summed E-state index contributed by atoms with van der Waals surface area (Å²) < 4.78 is 5.40. The average Bonchev–Trinajstić information content (AvgIpc) is 3.36. The first kappa shape index (κ1) is 24.0. The molecule has 1 amide bonds. The minimum atomic E-state index is -0.715. The molecule has 8 nitrogen and oxygen atoms in total. The molecule has 4 heterocycles. The quantitative estimate of drug-likeness (QED) is 0.552. The topological polar surface area (TPSA) is 94.6 Å². The van der Waals surface area contributed by atoms with E-state index < -0.39 is 11.5 Å². The summed E-state index contributed by atoms with van der Waals surface area (Å²) in [6, 6.07) is 7.46. The van der Waals surface area contributed by atoms with Crippen LogP contribution in [0.2, 0.25) is 5.02 Å². The van der Waals surface area contributed by atoms with E-state index in [4.69, 9.17) is 16.3 Å². The highest BCUT2D eigenvalue weighted by molar-refractivity contribution is 6.31. The van der Waals surface area contributed by atoms with Gasteiger partial charge in [-0.1, -0.05) is 25.4 Å². The zero-order valence-corrected chi connectivity index (χ0v) is 21.0. The standard InChI is InChI=1S/C26H32ClN5O3/c1-26(2,24(33)21-14-20(27)13-18-16-29-30-23(18)21)19-5-7-32(8-6-19)25(34)17-3-4-22(28-15-17)31-9-11-35-12-10-31/h3-4,13-16,19,24,33H,5-12H2,1-2H3,(H,29,30)/t24-/m1/s1. The van der Waals surface area contributed by atoms with E-state index in [1.165, 1.54) is 0 Å². The number of hydrogen-bond acceptors (Lipinski definition) is 6. The number of nitrogens with one attached hydrogen (secondary N) is 1. The first-order valence-corrected chi connectivity index (χ1v) is 12.6. The third-order valence-corrected chi connectivity index (χ3v) is 7.93. The van der Waals surface area contributed by atoms with Gasteiger partial charge in [0, 0.05) is 48.3 Å². The normalized spacial score (nSPS) is 18.7. The molecule has 3 aromatic rings. The van der Waals surface area contributed by atoms with E-state index in [2.05, 4.69) is 33.9 Å².